The predicted octanol–water partition coefficient (Wildman–Crippen LogP) is 2.58. The third kappa shape index (κ3) is 4.74. The van der Waals surface area contributed by atoms with Crippen molar-refractivity contribution in [3.05, 3.63) is 29.8 Å². The summed E-state index contributed by atoms with van der Waals surface area (Å²) in [6.07, 6.45) is 2.55. The van der Waals surface area contributed by atoms with Crippen molar-refractivity contribution < 1.29 is 4.79 Å². The summed E-state index contributed by atoms with van der Waals surface area (Å²) in [5.74, 6) is 0.861. The van der Waals surface area contributed by atoms with Crippen molar-refractivity contribution in [2.45, 2.75) is 26.7 Å². The first-order chi connectivity index (χ1) is 10.2. The van der Waals surface area contributed by atoms with Crippen molar-refractivity contribution >= 4 is 11.6 Å². The monoisotopic (exact) mass is 289 g/mol. The second-order valence-electron chi connectivity index (χ2n) is 5.86. The molecule has 116 valence electrons. The number of para-hydroxylation sites is 1. The summed E-state index contributed by atoms with van der Waals surface area (Å²) in [7, 11) is 0. The van der Waals surface area contributed by atoms with E-state index in [1.165, 1.54) is 12.8 Å². The van der Waals surface area contributed by atoms with Gasteiger partial charge < -0.3 is 15.5 Å². The van der Waals surface area contributed by atoms with E-state index in [1.807, 2.05) is 31.2 Å². The number of piperidine rings is 1. The van der Waals surface area contributed by atoms with E-state index in [9.17, 15) is 4.79 Å². The molecule has 0 atom stereocenters. The molecule has 0 unspecified atom stereocenters. The molecule has 1 aromatic carbocycles. The van der Waals surface area contributed by atoms with Crippen LogP contribution < -0.4 is 10.6 Å². The number of nitrogens with zero attached hydrogens (tertiary/aromatic N) is 1. The Morgan fingerprint density at radius 2 is 2.00 bits per heavy atom. The van der Waals surface area contributed by atoms with E-state index in [2.05, 4.69) is 22.5 Å². The number of hydrogen-bond acceptors (Lipinski definition) is 3. The summed E-state index contributed by atoms with van der Waals surface area (Å²) in [4.78, 5) is 14.7. The molecule has 2 N–H and O–H groups in total. The van der Waals surface area contributed by atoms with Gasteiger partial charge in [-0.05, 0) is 50.9 Å². The van der Waals surface area contributed by atoms with Crippen LogP contribution in [-0.4, -0.2) is 43.5 Å². The fraction of sp³-hybridized carbons (Fsp3) is 0.588. The van der Waals surface area contributed by atoms with Gasteiger partial charge in [0.1, 0.15) is 0 Å². The Balaban J connectivity index is 1.79. The van der Waals surface area contributed by atoms with Crippen LogP contribution in [0.3, 0.4) is 0 Å². The predicted molar refractivity (Wildman–Crippen MR) is 87.8 cm³/mol. The highest BCUT2D eigenvalue weighted by Gasteiger charge is 2.15. The zero-order valence-electron chi connectivity index (χ0n) is 13.2. The van der Waals surface area contributed by atoms with Crippen LogP contribution in [0.5, 0.6) is 0 Å². The Morgan fingerprint density at radius 3 is 2.71 bits per heavy atom. The summed E-state index contributed by atoms with van der Waals surface area (Å²) in [5.41, 5.74) is 1.64. The second-order valence-corrected chi connectivity index (χ2v) is 5.86. The van der Waals surface area contributed by atoms with Crippen molar-refractivity contribution in [3.63, 3.8) is 0 Å². The highest BCUT2D eigenvalue weighted by Crippen LogP contribution is 2.16. The highest BCUT2D eigenvalue weighted by molar-refractivity contribution is 5.99. The number of carbonyl (C=O) groups excluding carboxylic acids is 1. The molecule has 1 saturated heterocycles. The van der Waals surface area contributed by atoms with Gasteiger partial charge in [-0.15, -0.1) is 0 Å². The highest BCUT2D eigenvalue weighted by atomic mass is 16.1. The van der Waals surface area contributed by atoms with Gasteiger partial charge >= 0.3 is 0 Å². The zero-order valence-corrected chi connectivity index (χ0v) is 13.2. The minimum atomic E-state index is 0.0110. The first-order valence-corrected chi connectivity index (χ1v) is 8.04. The number of amides is 1. The third-order valence-electron chi connectivity index (χ3n) is 4.13. The topological polar surface area (TPSA) is 44.4 Å². The quantitative estimate of drug-likeness (QED) is 0.846. The molecule has 1 fully saturated rings. The maximum Gasteiger partial charge on any atom is 0.253 e. The smallest absolute Gasteiger partial charge is 0.253 e. The molecule has 4 nitrogen and oxygen atoms in total. The van der Waals surface area contributed by atoms with Crippen molar-refractivity contribution in [3.8, 4) is 0 Å². The molecular weight excluding hydrogens is 262 g/mol. The molecular formula is C17H27N3O. The molecule has 1 heterocycles. The zero-order chi connectivity index (χ0) is 15.1. The molecule has 0 spiro atoms. The van der Waals surface area contributed by atoms with Gasteiger partial charge in [-0.25, -0.2) is 0 Å². The normalized spacial score (nSPS) is 16.7. The van der Waals surface area contributed by atoms with Crippen LogP contribution in [0.25, 0.3) is 0 Å². The van der Waals surface area contributed by atoms with Crippen molar-refractivity contribution in [2.75, 3.05) is 38.0 Å². The summed E-state index contributed by atoms with van der Waals surface area (Å²) < 4.78 is 0. The van der Waals surface area contributed by atoms with Gasteiger partial charge in [0.25, 0.3) is 5.91 Å². The Labute approximate surface area is 127 Å². The third-order valence-corrected chi connectivity index (χ3v) is 4.13. The number of benzene rings is 1. The van der Waals surface area contributed by atoms with Gasteiger partial charge in [0, 0.05) is 25.3 Å². The number of likely N-dealkylation sites (tertiary alicyclic amines) is 1. The summed E-state index contributed by atoms with van der Waals surface area (Å²) in [6.45, 7) is 9.14. The van der Waals surface area contributed by atoms with E-state index in [1.54, 1.807) is 0 Å². The van der Waals surface area contributed by atoms with Gasteiger partial charge in [0.2, 0.25) is 0 Å². The lowest BCUT2D eigenvalue weighted by Crippen LogP contribution is -2.39. The molecule has 1 aliphatic rings. The minimum absolute atomic E-state index is 0.0110. The first-order valence-electron chi connectivity index (χ1n) is 8.04. The first kappa shape index (κ1) is 15.8. The van der Waals surface area contributed by atoms with E-state index in [-0.39, 0.29) is 5.91 Å². The molecule has 0 saturated carbocycles. The van der Waals surface area contributed by atoms with Crippen LogP contribution in [0.1, 0.15) is 37.0 Å². The lowest BCUT2D eigenvalue weighted by molar-refractivity contribution is 0.0945. The maximum absolute atomic E-state index is 12.3. The van der Waals surface area contributed by atoms with E-state index >= 15 is 0 Å². The van der Waals surface area contributed by atoms with Crippen molar-refractivity contribution in [2.24, 2.45) is 5.92 Å². The van der Waals surface area contributed by atoms with Gasteiger partial charge in [-0.3, -0.25) is 4.79 Å². The van der Waals surface area contributed by atoms with Gasteiger partial charge in [0.05, 0.1) is 5.56 Å². The molecule has 21 heavy (non-hydrogen) atoms. The molecule has 1 aromatic rings. The fourth-order valence-corrected chi connectivity index (χ4v) is 2.73. The molecule has 4 heteroatoms. The molecule has 1 amide bonds. The van der Waals surface area contributed by atoms with Gasteiger partial charge in [-0.1, -0.05) is 19.1 Å². The SMILES string of the molecule is CCNc1ccccc1C(=O)NCCN1CCC(C)CC1. The van der Waals surface area contributed by atoms with Crippen molar-refractivity contribution in [1.29, 1.82) is 0 Å². The molecule has 1 aliphatic heterocycles. The van der Waals surface area contributed by atoms with Crippen LogP contribution >= 0.6 is 0 Å². The Morgan fingerprint density at radius 1 is 1.29 bits per heavy atom. The number of hydrogen-bond donors (Lipinski definition) is 2. The largest absolute Gasteiger partial charge is 0.385 e. The van der Waals surface area contributed by atoms with Crippen molar-refractivity contribution in [1.82, 2.24) is 10.2 Å². The van der Waals surface area contributed by atoms with E-state index in [0.717, 1.165) is 43.3 Å². The molecule has 0 aromatic heterocycles. The number of carbonyl (C=O) groups is 1. The number of nitrogens with one attached hydrogen (secondary N) is 2. The summed E-state index contributed by atoms with van der Waals surface area (Å²) in [6, 6.07) is 7.67. The average molecular weight is 289 g/mol. The summed E-state index contributed by atoms with van der Waals surface area (Å²) >= 11 is 0. The maximum atomic E-state index is 12.3. The fourth-order valence-electron chi connectivity index (χ4n) is 2.73. The Bertz CT molecular complexity index is 453. The molecule has 0 bridgehead atoms. The molecule has 0 radical (unpaired) electrons. The number of rotatable bonds is 6. The van der Waals surface area contributed by atoms with Crippen LogP contribution in [0.4, 0.5) is 5.69 Å². The lowest BCUT2D eigenvalue weighted by Gasteiger charge is -2.30. The second kappa shape index (κ2) is 8.03. The standard InChI is InChI=1S/C17H27N3O/c1-3-18-16-7-5-4-6-15(16)17(21)19-10-13-20-11-8-14(2)9-12-20/h4-7,14,18H,3,8-13H2,1-2H3,(H,19,21). The molecule has 0 aliphatic carbocycles. The van der Waals surface area contributed by atoms with E-state index in [0.29, 0.717) is 6.54 Å². The lowest BCUT2D eigenvalue weighted by atomic mass is 9.99. The average Bonchev–Trinajstić information content (AvgIpc) is 2.50. The van der Waals surface area contributed by atoms with Crippen LogP contribution in [-0.2, 0) is 0 Å². The van der Waals surface area contributed by atoms with Crippen LogP contribution in [0.15, 0.2) is 24.3 Å². The van der Waals surface area contributed by atoms with E-state index < -0.39 is 0 Å². The Hall–Kier alpha value is -1.55. The van der Waals surface area contributed by atoms with Gasteiger partial charge in [0.15, 0.2) is 0 Å². The Kier molecular flexibility index (Phi) is 6.05. The minimum Gasteiger partial charge on any atom is -0.385 e. The van der Waals surface area contributed by atoms with Crippen LogP contribution in [0.2, 0.25) is 0 Å². The van der Waals surface area contributed by atoms with Crippen LogP contribution in [0, 0.1) is 5.92 Å². The molecule has 2 rings (SSSR count). The van der Waals surface area contributed by atoms with E-state index in [4.69, 9.17) is 0 Å². The summed E-state index contributed by atoms with van der Waals surface area (Å²) in [5, 5.41) is 6.27. The van der Waals surface area contributed by atoms with Gasteiger partial charge in [-0.2, -0.15) is 0 Å². The number of anilines is 1.